The highest BCUT2D eigenvalue weighted by Gasteiger charge is 2.22. The predicted octanol–water partition coefficient (Wildman–Crippen LogP) is 11.5. The first kappa shape index (κ1) is 33.5. The maximum absolute atomic E-state index is 11.6. The van der Waals surface area contributed by atoms with Crippen molar-refractivity contribution >= 4 is 5.97 Å². The molecule has 0 aromatic rings. The van der Waals surface area contributed by atoms with Gasteiger partial charge in [0, 0.05) is 0 Å². The van der Waals surface area contributed by atoms with Crippen molar-refractivity contribution in [3.63, 3.8) is 0 Å². The summed E-state index contributed by atoms with van der Waals surface area (Å²) in [6.07, 6.45) is 35.1. The maximum atomic E-state index is 11.6. The van der Waals surface area contributed by atoms with Crippen LogP contribution in [0, 0.1) is 11.8 Å². The second kappa shape index (κ2) is 27.1. The van der Waals surface area contributed by atoms with Gasteiger partial charge in [0.1, 0.15) is 0 Å². The standard InChI is InChI=1S/C32H64O2/c1-4-6-8-10-12-14-16-18-20-22-24-26-28-31(30(3)32(33)34)29-27-25-23-21-19-17-15-13-11-9-7-5-2/h30-31H,4-29H2,1-3H3,(H,33,34). The molecule has 0 aromatic heterocycles. The number of hydrogen-bond donors (Lipinski definition) is 1. The van der Waals surface area contributed by atoms with Crippen molar-refractivity contribution in [2.45, 2.75) is 188 Å². The highest BCUT2D eigenvalue weighted by atomic mass is 16.4. The van der Waals surface area contributed by atoms with Crippen LogP contribution in [0.5, 0.6) is 0 Å². The quantitative estimate of drug-likeness (QED) is 0.113. The summed E-state index contributed by atoms with van der Waals surface area (Å²) in [4.78, 5) is 11.6. The Morgan fingerprint density at radius 2 is 0.706 bits per heavy atom. The minimum atomic E-state index is -0.595. The normalized spacial score (nSPS) is 12.5. The molecule has 0 aliphatic carbocycles. The van der Waals surface area contributed by atoms with Crippen LogP contribution < -0.4 is 0 Å². The molecule has 1 unspecified atom stereocenters. The van der Waals surface area contributed by atoms with Gasteiger partial charge in [-0.15, -0.1) is 0 Å². The molecule has 0 bridgehead atoms. The van der Waals surface area contributed by atoms with E-state index in [1.54, 1.807) is 0 Å². The van der Waals surface area contributed by atoms with E-state index in [4.69, 9.17) is 0 Å². The molecule has 2 nitrogen and oxygen atoms in total. The molecule has 0 radical (unpaired) electrons. The Balaban J connectivity index is 3.68. The van der Waals surface area contributed by atoms with Crippen LogP contribution in [0.3, 0.4) is 0 Å². The summed E-state index contributed by atoms with van der Waals surface area (Å²) in [6, 6.07) is 0. The fourth-order valence-electron chi connectivity index (χ4n) is 5.34. The summed E-state index contributed by atoms with van der Waals surface area (Å²) < 4.78 is 0. The van der Waals surface area contributed by atoms with Crippen molar-refractivity contribution in [1.82, 2.24) is 0 Å². The van der Waals surface area contributed by atoms with Crippen LogP contribution in [0.2, 0.25) is 0 Å². The number of rotatable bonds is 28. The van der Waals surface area contributed by atoms with Gasteiger partial charge < -0.3 is 5.11 Å². The Hall–Kier alpha value is -0.530. The lowest BCUT2D eigenvalue weighted by atomic mass is 9.84. The number of carboxylic acids is 1. The third kappa shape index (κ3) is 23.2. The minimum absolute atomic E-state index is 0.180. The molecule has 0 aromatic carbocycles. The largest absolute Gasteiger partial charge is 0.481 e. The number of carbonyl (C=O) groups is 1. The zero-order chi connectivity index (χ0) is 25.1. The summed E-state index contributed by atoms with van der Waals surface area (Å²) in [5.74, 6) is -0.396. The Morgan fingerprint density at radius 1 is 0.471 bits per heavy atom. The molecule has 0 spiro atoms. The first-order chi connectivity index (χ1) is 16.6. The van der Waals surface area contributed by atoms with E-state index in [0.717, 1.165) is 12.8 Å². The second-order valence-electron chi connectivity index (χ2n) is 11.2. The van der Waals surface area contributed by atoms with Crippen LogP contribution in [0.1, 0.15) is 188 Å². The molecule has 1 N–H and O–H groups in total. The molecule has 0 aliphatic heterocycles. The molecular weight excluding hydrogens is 416 g/mol. The number of carboxylic acid groups (broad SMARTS) is 1. The van der Waals surface area contributed by atoms with Crippen LogP contribution in [0.15, 0.2) is 0 Å². The van der Waals surface area contributed by atoms with E-state index in [1.165, 1.54) is 154 Å². The average molecular weight is 481 g/mol. The molecule has 34 heavy (non-hydrogen) atoms. The lowest BCUT2D eigenvalue weighted by Gasteiger charge is -2.21. The Bertz CT molecular complexity index is 378. The third-order valence-electron chi connectivity index (χ3n) is 7.95. The van der Waals surface area contributed by atoms with Gasteiger partial charge in [0.05, 0.1) is 5.92 Å². The van der Waals surface area contributed by atoms with Crippen molar-refractivity contribution in [1.29, 1.82) is 0 Å². The summed E-state index contributed by atoms with van der Waals surface area (Å²) in [6.45, 7) is 6.50. The third-order valence-corrected chi connectivity index (χ3v) is 7.95. The van der Waals surface area contributed by atoms with Gasteiger partial charge in [-0.1, -0.05) is 175 Å². The van der Waals surface area contributed by atoms with E-state index < -0.39 is 5.97 Å². The van der Waals surface area contributed by atoms with Crippen molar-refractivity contribution in [2.75, 3.05) is 0 Å². The van der Waals surface area contributed by atoms with Gasteiger partial charge >= 0.3 is 5.97 Å². The molecule has 1 atom stereocenters. The highest BCUT2D eigenvalue weighted by Crippen LogP contribution is 2.26. The number of unbranched alkanes of at least 4 members (excludes halogenated alkanes) is 22. The lowest BCUT2D eigenvalue weighted by molar-refractivity contribution is -0.143. The van der Waals surface area contributed by atoms with Crippen molar-refractivity contribution in [3.05, 3.63) is 0 Å². The monoisotopic (exact) mass is 480 g/mol. The van der Waals surface area contributed by atoms with Gasteiger partial charge in [0.2, 0.25) is 0 Å². The SMILES string of the molecule is CCCCCCCCCCCCCCC(CCCCCCCCCCCCCC)C(C)C(=O)O. The summed E-state index contributed by atoms with van der Waals surface area (Å²) in [7, 11) is 0. The molecular formula is C32H64O2. The number of hydrogen-bond acceptors (Lipinski definition) is 1. The summed E-state index contributed by atoms with van der Waals surface area (Å²) in [5, 5.41) is 9.53. The van der Waals surface area contributed by atoms with Gasteiger partial charge in [0.25, 0.3) is 0 Å². The van der Waals surface area contributed by atoms with Crippen LogP contribution in [0.4, 0.5) is 0 Å². The Morgan fingerprint density at radius 3 is 0.941 bits per heavy atom. The van der Waals surface area contributed by atoms with E-state index in [1.807, 2.05) is 6.92 Å². The summed E-state index contributed by atoms with van der Waals surface area (Å²) >= 11 is 0. The van der Waals surface area contributed by atoms with Crippen LogP contribution in [-0.4, -0.2) is 11.1 Å². The molecule has 0 aliphatic rings. The molecule has 0 saturated heterocycles. The fraction of sp³-hybridized carbons (Fsp3) is 0.969. The van der Waals surface area contributed by atoms with Crippen LogP contribution in [-0.2, 0) is 4.79 Å². The first-order valence-electron chi connectivity index (χ1n) is 15.9. The van der Waals surface area contributed by atoms with E-state index in [-0.39, 0.29) is 5.92 Å². The fourth-order valence-corrected chi connectivity index (χ4v) is 5.34. The van der Waals surface area contributed by atoms with Crippen molar-refractivity contribution in [2.24, 2.45) is 11.8 Å². The Labute approximate surface area is 215 Å². The number of aliphatic carboxylic acids is 1. The average Bonchev–Trinajstić information content (AvgIpc) is 2.83. The smallest absolute Gasteiger partial charge is 0.306 e. The lowest BCUT2D eigenvalue weighted by Crippen LogP contribution is -2.20. The van der Waals surface area contributed by atoms with Gasteiger partial charge in [-0.2, -0.15) is 0 Å². The molecule has 0 rings (SSSR count). The minimum Gasteiger partial charge on any atom is -0.481 e. The Kier molecular flexibility index (Phi) is 26.6. The van der Waals surface area contributed by atoms with E-state index in [0.29, 0.717) is 5.92 Å². The summed E-state index contributed by atoms with van der Waals surface area (Å²) in [5.41, 5.74) is 0. The van der Waals surface area contributed by atoms with Gasteiger partial charge in [-0.05, 0) is 18.8 Å². The van der Waals surface area contributed by atoms with Gasteiger partial charge in [-0.25, -0.2) is 0 Å². The van der Waals surface area contributed by atoms with Crippen LogP contribution >= 0.6 is 0 Å². The molecule has 0 fully saturated rings. The van der Waals surface area contributed by atoms with E-state index >= 15 is 0 Å². The van der Waals surface area contributed by atoms with E-state index in [2.05, 4.69) is 13.8 Å². The zero-order valence-corrected chi connectivity index (χ0v) is 23.9. The first-order valence-corrected chi connectivity index (χ1v) is 15.9. The second-order valence-corrected chi connectivity index (χ2v) is 11.2. The molecule has 204 valence electrons. The molecule has 0 saturated carbocycles. The van der Waals surface area contributed by atoms with Gasteiger partial charge in [0.15, 0.2) is 0 Å². The molecule has 2 heteroatoms. The highest BCUT2D eigenvalue weighted by molar-refractivity contribution is 5.69. The van der Waals surface area contributed by atoms with Gasteiger partial charge in [-0.3, -0.25) is 4.79 Å². The van der Waals surface area contributed by atoms with Crippen molar-refractivity contribution in [3.8, 4) is 0 Å². The maximum Gasteiger partial charge on any atom is 0.306 e. The molecule has 0 amide bonds. The van der Waals surface area contributed by atoms with Crippen molar-refractivity contribution < 1.29 is 9.90 Å². The topological polar surface area (TPSA) is 37.3 Å². The predicted molar refractivity (Wildman–Crippen MR) is 152 cm³/mol. The zero-order valence-electron chi connectivity index (χ0n) is 23.9. The van der Waals surface area contributed by atoms with Crippen LogP contribution in [0.25, 0.3) is 0 Å². The van der Waals surface area contributed by atoms with E-state index in [9.17, 15) is 9.90 Å². The molecule has 0 heterocycles.